The molecule has 16 heavy (non-hydrogen) atoms. The van der Waals surface area contributed by atoms with Crippen molar-refractivity contribution in [1.82, 2.24) is 9.88 Å². The van der Waals surface area contributed by atoms with Crippen molar-refractivity contribution in [2.75, 3.05) is 12.5 Å². The van der Waals surface area contributed by atoms with Crippen molar-refractivity contribution in [3.8, 4) is 0 Å². The summed E-state index contributed by atoms with van der Waals surface area (Å²) in [5, 5.41) is 0.770. The van der Waals surface area contributed by atoms with Crippen molar-refractivity contribution in [2.45, 2.75) is 40.3 Å². The van der Waals surface area contributed by atoms with Crippen LogP contribution >= 0.6 is 11.3 Å². The van der Waals surface area contributed by atoms with Gasteiger partial charge < -0.3 is 0 Å². The van der Waals surface area contributed by atoms with Gasteiger partial charge in [-0.15, -0.1) is 0 Å². The summed E-state index contributed by atoms with van der Waals surface area (Å²) in [5.41, 5.74) is 2.86. The van der Waals surface area contributed by atoms with Crippen molar-refractivity contribution >= 4 is 16.5 Å². The number of rotatable bonds is 4. The van der Waals surface area contributed by atoms with E-state index in [2.05, 4.69) is 50.1 Å². The van der Waals surface area contributed by atoms with Gasteiger partial charge in [-0.2, -0.15) is 0 Å². The van der Waals surface area contributed by atoms with E-state index in [-0.39, 0.29) is 5.41 Å². The van der Waals surface area contributed by atoms with E-state index >= 15 is 0 Å². The molecule has 1 heterocycles. The van der Waals surface area contributed by atoms with E-state index < -0.39 is 0 Å². The number of nitrogen functional groups attached to an aromatic ring is 1. The van der Waals surface area contributed by atoms with Crippen LogP contribution in [0.2, 0.25) is 0 Å². The Morgan fingerprint density at radius 2 is 2.19 bits per heavy atom. The third kappa shape index (κ3) is 3.43. The molecule has 4 nitrogen and oxygen atoms in total. The van der Waals surface area contributed by atoms with E-state index in [9.17, 15) is 0 Å². The Morgan fingerprint density at radius 1 is 1.56 bits per heavy atom. The molecule has 0 aromatic carbocycles. The molecule has 1 aromatic rings. The van der Waals surface area contributed by atoms with Gasteiger partial charge >= 0.3 is 0 Å². The smallest absolute Gasteiger partial charge is 0.197 e. The Labute approximate surface area is 102 Å². The van der Waals surface area contributed by atoms with Gasteiger partial charge in [0.15, 0.2) is 5.13 Å². The van der Waals surface area contributed by atoms with Crippen molar-refractivity contribution < 1.29 is 0 Å². The van der Waals surface area contributed by atoms with E-state index in [0.29, 0.717) is 6.04 Å². The molecule has 5 heteroatoms. The Balaban J connectivity index is 2.60. The summed E-state index contributed by atoms with van der Waals surface area (Å²) in [4.78, 5) is 7.73. The molecule has 0 amide bonds. The van der Waals surface area contributed by atoms with Crippen LogP contribution in [0.1, 0.15) is 32.6 Å². The molecule has 1 aromatic heterocycles. The van der Waals surface area contributed by atoms with Gasteiger partial charge in [-0.1, -0.05) is 32.1 Å². The van der Waals surface area contributed by atoms with Gasteiger partial charge in [-0.05, 0) is 19.4 Å². The molecule has 0 bridgehead atoms. The summed E-state index contributed by atoms with van der Waals surface area (Å²) >= 11 is 1.60. The summed E-state index contributed by atoms with van der Waals surface area (Å²) in [6, 6.07) is 0.517. The van der Waals surface area contributed by atoms with E-state index in [0.717, 1.165) is 11.7 Å². The Bertz CT molecular complexity index is 329. The van der Waals surface area contributed by atoms with Gasteiger partial charge in [0.1, 0.15) is 0 Å². The molecule has 0 radical (unpaired) electrons. The predicted octanol–water partition coefficient (Wildman–Crippen LogP) is 2.30. The predicted molar refractivity (Wildman–Crippen MR) is 70.3 cm³/mol. The summed E-state index contributed by atoms with van der Waals surface area (Å²) in [6.45, 7) is 9.94. The highest BCUT2D eigenvalue weighted by Crippen LogP contribution is 2.26. The largest absolute Gasteiger partial charge is 0.300 e. The number of thiazole rings is 1. The lowest BCUT2D eigenvalue weighted by molar-refractivity contribution is 0.135. The second-order valence-electron chi connectivity index (χ2n) is 5.23. The van der Waals surface area contributed by atoms with E-state index in [1.807, 2.05) is 6.20 Å². The van der Waals surface area contributed by atoms with Gasteiger partial charge in [0.05, 0.1) is 0 Å². The second-order valence-corrected chi connectivity index (χ2v) is 6.35. The molecular weight excluding hydrogens is 220 g/mol. The zero-order valence-corrected chi connectivity index (χ0v) is 11.6. The highest BCUT2D eigenvalue weighted by molar-refractivity contribution is 7.15. The lowest BCUT2D eigenvalue weighted by Gasteiger charge is -2.35. The summed E-state index contributed by atoms with van der Waals surface area (Å²) in [5.74, 6) is 5.31. The number of nitrogens with zero attached hydrogens (tertiary/aromatic N) is 2. The number of nitrogens with two attached hydrogens (primary N) is 1. The van der Waals surface area contributed by atoms with Crippen LogP contribution in [0.3, 0.4) is 0 Å². The minimum Gasteiger partial charge on any atom is -0.300 e. The maximum atomic E-state index is 5.31. The fourth-order valence-corrected chi connectivity index (χ4v) is 2.28. The molecule has 3 N–H and O–H groups in total. The van der Waals surface area contributed by atoms with E-state index in [1.165, 1.54) is 4.88 Å². The van der Waals surface area contributed by atoms with Crippen molar-refractivity contribution in [2.24, 2.45) is 11.3 Å². The zero-order valence-electron chi connectivity index (χ0n) is 10.7. The zero-order chi connectivity index (χ0) is 12.3. The first-order chi connectivity index (χ1) is 7.34. The van der Waals surface area contributed by atoms with Crippen LogP contribution in [0, 0.1) is 5.41 Å². The molecule has 0 aliphatic rings. The normalized spacial score (nSPS) is 14.2. The van der Waals surface area contributed by atoms with Crippen LogP contribution in [0.4, 0.5) is 5.13 Å². The monoisotopic (exact) mass is 242 g/mol. The van der Waals surface area contributed by atoms with Crippen molar-refractivity contribution in [3.63, 3.8) is 0 Å². The maximum absolute atomic E-state index is 5.31. The standard InChI is InChI=1S/C11H22N4S/c1-8(11(2,3)4)15(5)7-9-6-13-10(14-12)16-9/h6,8H,7,12H2,1-5H3,(H,13,14). The number of nitrogens with one attached hydrogen (secondary N) is 1. The molecule has 1 rings (SSSR count). The SMILES string of the molecule is CC(N(C)Cc1cnc(NN)s1)C(C)(C)C. The van der Waals surface area contributed by atoms with Crippen molar-refractivity contribution in [1.29, 1.82) is 0 Å². The van der Waals surface area contributed by atoms with Gasteiger partial charge in [0.2, 0.25) is 0 Å². The molecule has 0 aliphatic heterocycles. The van der Waals surface area contributed by atoms with Crippen LogP contribution in [0.5, 0.6) is 0 Å². The second kappa shape index (κ2) is 5.12. The molecule has 1 atom stereocenters. The quantitative estimate of drug-likeness (QED) is 0.628. The highest BCUT2D eigenvalue weighted by Gasteiger charge is 2.24. The lowest BCUT2D eigenvalue weighted by Crippen LogP contribution is -2.38. The average Bonchev–Trinajstić information content (AvgIpc) is 2.63. The van der Waals surface area contributed by atoms with Crippen LogP contribution in [-0.4, -0.2) is 23.0 Å². The lowest BCUT2D eigenvalue weighted by atomic mass is 9.87. The van der Waals surface area contributed by atoms with Gasteiger partial charge in [-0.25, -0.2) is 10.8 Å². The molecule has 1 unspecified atom stereocenters. The van der Waals surface area contributed by atoms with Crippen LogP contribution in [0.15, 0.2) is 6.20 Å². The number of hydrazine groups is 1. The molecule has 0 saturated heterocycles. The van der Waals surface area contributed by atoms with Crippen molar-refractivity contribution in [3.05, 3.63) is 11.1 Å². The Hall–Kier alpha value is -0.650. The maximum Gasteiger partial charge on any atom is 0.197 e. The van der Waals surface area contributed by atoms with Gasteiger partial charge in [0, 0.05) is 23.7 Å². The van der Waals surface area contributed by atoms with Crippen LogP contribution in [-0.2, 0) is 6.54 Å². The third-order valence-electron chi connectivity index (χ3n) is 3.00. The Morgan fingerprint density at radius 3 is 2.62 bits per heavy atom. The molecule has 0 aliphatic carbocycles. The summed E-state index contributed by atoms with van der Waals surface area (Å²) in [6.07, 6.45) is 1.88. The number of aromatic nitrogens is 1. The highest BCUT2D eigenvalue weighted by atomic mass is 32.1. The van der Waals surface area contributed by atoms with E-state index in [4.69, 9.17) is 5.84 Å². The first kappa shape index (κ1) is 13.4. The average molecular weight is 242 g/mol. The van der Waals surface area contributed by atoms with E-state index in [1.54, 1.807) is 11.3 Å². The fourth-order valence-electron chi connectivity index (χ4n) is 1.49. The summed E-state index contributed by atoms with van der Waals surface area (Å²) in [7, 11) is 2.14. The van der Waals surface area contributed by atoms with Crippen LogP contribution < -0.4 is 11.3 Å². The first-order valence-electron chi connectivity index (χ1n) is 5.46. The third-order valence-corrected chi connectivity index (χ3v) is 3.91. The number of hydrogen-bond donors (Lipinski definition) is 2. The minimum absolute atomic E-state index is 0.286. The van der Waals surface area contributed by atoms with Gasteiger partial charge in [-0.3, -0.25) is 10.3 Å². The summed E-state index contributed by atoms with van der Waals surface area (Å²) < 4.78 is 0. The fraction of sp³-hybridized carbons (Fsp3) is 0.727. The molecular formula is C11H22N4S. The number of hydrogen-bond acceptors (Lipinski definition) is 5. The Kier molecular flexibility index (Phi) is 4.29. The minimum atomic E-state index is 0.286. The van der Waals surface area contributed by atoms with Gasteiger partial charge in [0.25, 0.3) is 0 Å². The molecule has 0 saturated carbocycles. The topological polar surface area (TPSA) is 54.2 Å². The first-order valence-corrected chi connectivity index (χ1v) is 6.28. The van der Waals surface area contributed by atoms with Crippen LogP contribution in [0.25, 0.3) is 0 Å². The molecule has 0 fully saturated rings. The number of anilines is 1. The molecule has 92 valence electrons. The molecule has 0 spiro atoms.